The molecule has 0 radical (unpaired) electrons. The topological polar surface area (TPSA) is 46.6 Å². The molecule has 0 atom stereocenters. The second kappa shape index (κ2) is 8.45. The van der Waals surface area contributed by atoms with E-state index in [1.807, 2.05) is 18.2 Å². The van der Waals surface area contributed by atoms with Crippen molar-refractivity contribution in [3.8, 4) is 0 Å². The van der Waals surface area contributed by atoms with E-state index in [0.717, 1.165) is 4.90 Å². The predicted molar refractivity (Wildman–Crippen MR) is 89.4 cm³/mol. The highest BCUT2D eigenvalue weighted by molar-refractivity contribution is 6.31. The van der Waals surface area contributed by atoms with Gasteiger partial charge in [0.2, 0.25) is 5.91 Å². The normalized spacial score (nSPS) is 13.1. The fraction of sp³-hybridized carbons (Fsp3) is 0.222. The van der Waals surface area contributed by atoms with Crippen LogP contribution in [0.3, 0.4) is 0 Å². The van der Waals surface area contributed by atoms with E-state index in [1.54, 1.807) is 6.07 Å². The van der Waals surface area contributed by atoms with Crippen LogP contribution < -0.4 is 0 Å². The van der Waals surface area contributed by atoms with E-state index >= 15 is 0 Å². The molecule has 4 nitrogen and oxygen atoms in total. The number of nitrogens with zero attached hydrogens (tertiary/aromatic N) is 1. The average molecular weight is 350 g/mol. The highest BCUT2D eigenvalue weighted by atomic mass is 35.5. The molecule has 1 aliphatic rings. The Balaban J connectivity index is 0.000000249. The lowest BCUT2D eigenvalue weighted by molar-refractivity contribution is -0.127. The number of ether oxygens (including phenoxy) is 1. The van der Waals surface area contributed by atoms with Gasteiger partial charge in [-0.3, -0.25) is 4.79 Å². The first kappa shape index (κ1) is 17.9. The molecule has 3 rings (SSSR count). The number of carbonyl (C=O) groups is 2. The van der Waals surface area contributed by atoms with Gasteiger partial charge in [0.25, 0.3) is 0 Å². The summed E-state index contributed by atoms with van der Waals surface area (Å²) in [7, 11) is 0. The van der Waals surface area contributed by atoms with Gasteiger partial charge in [-0.05, 0) is 18.6 Å². The predicted octanol–water partition coefficient (Wildman–Crippen LogP) is 4.00. The minimum atomic E-state index is -0.664. The molecule has 0 aliphatic carbocycles. The molecule has 1 fully saturated rings. The lowest BCUT2D eigenvalue weighted by Gasteiger charge is -2.11. The molecule has 0 aromatic heterocycles. The molecule has 2 amide bonds. The summed E-state index contributed by atoms with van der Waals surface area (Å²) in [5.41, 5.74) is 1.68. The van der Waals surface area contributed by atoms with Gasteiger partial charge in [-0.2, -0.15) is 0 Å². The quantitative estimate of drug-likeness (QED) is 0.823. The number of rotatable bonds is 2. The van der Waals surface area contributed by atoms with Crippen molar-refractivity contribution in [1.82, 2.24) is 4.90 Å². The Labute approximate surface area is 144 Å². The van der Waals surface area contributed by atoms with Crippen LogP contribution in [0.15, 0.2) is 48.5 Å². The Hall–Kier alpha value is -2.40. The molecule has 2 aromatic rings. The van der Waals surface area contributed by atoms with Crippen molar-refractivity contribution in [2.75, 3.05) is 13.2 Å². The SMILES string of the molecule is Cc1ccccc1.O=C(Cc1cccc(F)c1Cl)N1CCOC1=O. The van der Waals surface area contributed by atoms with Crippen molar-refractivity contribution >= 4 is 23.6 Å². The van der Waals surface area contributed by atoms with Gasteiger partial charge in [-0.15, -0.1) is 0 Å². The van der Waals surface area contributed by atoms with Crippen LogP contribution in [-0.4, -0.2) is 30.1 Å². The number of carbonyl (C=O) groups excluding carboxylic acids is 2. The van der Waals surface area contributed by atoms with Crippen LogP contribution in [0, 0.1) is 12.7 Å². The largest absolute Gasteiger partial charge is 0.447 e. The fourth-order valence-corrected chi connectivity index (χ4v) is 2.29. The molecule has 2 aromatic carbocycles. The molecule has 24 heavy (non-hydrogen) atoms. The minimum Gasteiger partial charge on any atom is -0.447 e. The number of hydrogen-bond acceptors (Lipinski definition) is 3. The van der Waals surface area contributed by atoms with Crippen molar-refractivity contribution in [2.45, 2.75) is 13.3 Å². The number of benzene rings is 2. The number of halogens is 2. The van der Waals surface area contributed by atoms with E-state index in [-0.39, 0.29) is 24.6 Å². The van der Waals surface area contributed by atoms with Crippen molar-refractivity contribution in [3.63, 3.8) is 0 Å². The molecular formula is C18H17ClFNO3. The maximum atomic E-state index is 13.1. The summed E-state index contributed by atoms with van der Waals surface area (Å²) >= 11 is 5.72. The third-order valence-corrected chi connectivity index (χ3v) is 3.80. The molecule has 1 aliphatic heterocycles. The molecule has 126 valence electrons. The first-order valence-corrected chi connectivity index (χ1v) is 7.78. The van der Waals surface area contributed by atoms with Crippen LogP contribution in [-0.2, 0) is 16.0 Å². The van der Waals surface area contributed by atoms with Crippen LogP contribution in [0.5, 0.6) is 0 Å². The van der Waals surface area contributed by atoms with E-state index < -0.39 is 17.8 Å². The number of aryl methyl sites for hydroxylation is 1. The fourth-order valence-electron chi connectivity index (χ4n) is 2.10. The molecule has 1 saturated heterocycles. The van der Waals surface area contributed by atoms with Crippen molar-refractivity contribution < 1.29 is 18.7 Å². The summed E-state index contributed by atoms with van der Waals surface area (Å²) in [6.07, 6.45) is -0.784. The Morgan fingerprint density at radius 3 is 2.46 bits per heavy atom. The summed E-state index contributed by atoms with van der Waals surface area (Å²) in [6, 6.07) is 14.5. The Morgan fingerprint density at radius 1 is 1.21 bits per heavy atom. The number of amides is 2. The van der Waals surface area contributed by atoms with Gasteiger partial charge in [-0.1, -0.05) is 59.6 Å². The first-order valence-electron chi connectivity index (χ1n) is 7.40. The van der Waals surface area contributed by atoms with Crippen LogP contribution in [0.2, 0.25) is 5.02 Å². The average Bonchev–Trinajstić information content (AvgIpc) is 2.99. The molecule has 0 bridgehead atoms. The van der Waals surface area contributed by atoms with Crippen molar-refractivity contribution in [2.24, 2.45) is 0 Å². The summed E-state index contributed by atoms with van der Waals surface area (Å²) < 4.78 is 17.8. The molecule has 1 heterocycles. The summed E-state index contributed by atoms with van der Waals surface area (Å²) in [4.78, 5) is 23.9. The van der Waals surface area contributed by atoms with Crippen LogP contribution >= 0.6 is 11.6 Å². The zero-order chi connectivity index (χ0) is 17.5. The zero-order valence-corrected chi connectivity index (χ0v) is 13.9. The summed E-state index contributed by atoms with van der Waals surface area (Å²) in [6.45, 7) is 2.51. The van der Waals surface area contributed by atoms with Gasteiger partial charge in [0.1, 0.15) is 12.4 Å². The van der Waals surface area contributed by atoms with Crippen LogP contribution in [0.25, 0.3) is 0 Å². The monoisotopic (exact) mass is 349 g/mol. The maximum absolute atomic E-state index is 13.1. The van der Waals surface area contributed by atoms with Gasteiger partial charge in [-0.25, -0.2) is 14.1 Å². The lowest BCUT2D eigenvalue weighted by atomic mass is 10.1. The van der Waals surface area contributed by atoms with Crippen molar-refractivity contribution in [1.29, 1.82) is 0 Å². The van der Waals surface area contributed by atoms with Gasteiger partial charge in [0.15, 0.2) is 0 Å². The van der Waals surface area contributed by atoms with Crippen LogP contribution in [0.1, 0.15) is 11.1 Å². The molecule has 0 spiro atoms. The van der Waals surface area contributed by atoms with Gasteiger partial charge in [0, 0.05) is 0 Å². The highest BCUT2D eigenvalue weighted by Crippen LogP contribution is 2.21. The van der Waals surface area contributed by atoms with E-state index in [4.69, 9.17) is 11.6 Å². The van der Waals surface area contributed by atoms with E-state index in [0.29, 0.717) is 5.56 Å². The smallest absolute Gasteiger partial charge is 0.416 e. The van der Waals surface area contributed by atoms with Gasteiger partial charge < -0.3 is 4.74 Å². The molecular weight excluding hydrogens is 333 g/mol. The second-order valence-corrected chi connectivity index (χ2v) is 5.58. The second-order valence-electron chi connectivity index (χ2n) is 5.20. The zero-order valence-electron chi connectivity index (χ0n) is 13.2. The number of imide groups is 1. The molecule has 0 N–H and O–H groups in total. The Bertz CT molecular complexity index is 721. The minimum absolute atomic E-state index is 0.0894. The lowest BCUT2D eigenvalue weighted by Crippen LogP contribution is -2.32. The number of cyclic esters (lactones) is 1. The van der Waals surface area contributed by atoms with Crippen molar-refractivity contribution in [3.05, 3.63) is 70.5 Å². The molecule has 6 heteroatoms. The summed E-state index contributed by atoms with van der Waals surface area (Å²) in [5, 5.41) is -0.0894. The number of hydrogen-bond donors (Lipinski definition) is 0. The Morgan fingerprint density at radius 2 is 1.92 bits per heavy atom. The standard InChI is InChI=1S/C11H9ClFNO3.C7H8/c12-10-7(2-1-3-8(10)13)6-9(15)14-4-5-17-11(14)16;1-7-5-3-2-4-6-7/h1-3H,4-6H2;2-6H,1H3. The maximum Gasteiger partial charge on any atom is 0.416 e. The molecule has 0 saturated carbocycles. The highest BCUT2D eigenvalue weighted by Gasteiger charge is 2.28. The summed E-state index contributed by atoms with van der Waals surface area (Å²) in [5.74, 6) is -1.03. The third-order valence-electron chi connectivity index (χ3n) is 3.38. The van der Waals surface area contributed by atoms with E-state index in [1.165, 1.54) is 17.7 Å². The molecule has 0 unspecified atom stereocenters. The first-order chi connectivity index (χ1) is 11.5. The third kappa shape index (κ3) is 4.80. The van der Waals surface area contributed by atoms with Gasteiger partial charge in [0.05, 0.1) is 18.0 Å². The van der Waals surface area contributed by atoms with Gasteiger partial charge >= 0.3 is 6.09 Å². The van der Waals surface area contributed by atoms with E-state index in [9.17, 15) is 14.0 Å². The van der Waals surface area contributed by atoms with E-state index in [2.05, 4.69) is 23.8 Å². The Kier molecular flexibility index (Phi) is 6.32. The van der Waals surface area contributed by atoms with Crippen LogP contribution in [0.4, 0.5) is 9.18 Å².